The number of nitrogens with one attached hydrogen (secondary N) is 1. The highest BCUT2D eigenvalue weighted by atomic mass is 16.6. The number of carbonyl (C=O) groups excluding carboxylic acids is 1. The molecule has 2 aromatic rings. The van der Waals surface area contributed by atoms with Crippen LogP contribution in [0.15, 0.2) is 42.7 Å². The van der Waals surface area contributed by atoms with Crippen molar-refractivity contribution in [3.63, 3.8) is 0 Å². The van der Waals surface area contributed by atoms with E-state index in [9.17, 15) is 4.79 Å². The van der Waals surface area contributed by atoms with E-state index in [2.05, 4.69) is 5.32 Å². The van der Waals surface area contributed by atoms with Crippen LogP contribution in [0.3, 0.4) is 0 Å². The smallest absolute Gasteiger partial charge is 0.226 e. The van der Waals surface area contributed by atoms with Gasteiger partial charge in [0, 0.05) is 37.1 Å². The van der Waals surface area contributed by atoms with Gasteiger partial charge < -0.3 is 19.4 Å². The van der Waals surface area contributed by atoms with Crippen LogP contribution in [0.2, 0.25) is 0 Å². The summed E-state index contributed by atoms with van der Waals surface area (Å²) in [7, 11) is 0. The first kappa shape index (κ1) is 12.6. The van der Waals surface area contributed by atoms with Gasteiger partial charge in [0.25, 0.3) is 0 Å². The molecule has 1 amide bonds. The minimum absolute atomic E-state index is 0.0182. The lowest BCUT2D eigenvalue weighted by molar-refractivity contribution is -0.116. The predicted octanol–water partition coefficient (Wildman–Crippen LogP) is 2.29. The summed E-state index contributed by atoms with van der Waals surface area (Å²) in [6, 6.07) is 9.32. The fourth-order valence-electron chi connectivity index (χ4n) is 2.09. The zero-order chi connectivity index (χ0) is 13.8. The average molecular weight is 272 g/mol. The second-order valence-electron chi connectivity index (χ2n) is 4.58. The van der Waals surface area contributed by atoms with Gasteiger partial charge in [-0.1, -0.05) is 0 Å². The Balaban J connectivity index is 1.58. The molecule has 0 unspecified atom stereocenters. The van der Waals surface area contributed by atoms with Crippen LogP contribution in [0.5, 0.6) is 11.5 Å². The van der Waals surface area contributed by atoms with E-state index in [1.807, 2.05) is 41.2 Å². The van der Waals surface area contributed by atoms with Crippen LogP contribution in [-0.4, -0.2) is 23.7 Å². The van der Waals surface area contributed by atoms with Crippen LogP contribution in [0, 0.1) is 0 Å². The molecule has 5 heteroatoms. The number of aryl methyl sites for hydroxylation is 1. The Bertz CT molecular complexity index is 593. The van der Waals surface area contributed by atoms with E-state index in [4.69, 9.17) is 9.47 Å². The molecule has 2 heterocycles. The number of fused-ring (bicyclic) bond motifs is 1. The van der Waals surface area contributed by atoms with E-state index in [1.165, 1.54) is 0 Å². The number of hydrogen-bond donors (Lipinski definition) is 1. The van der Waals surface area contributed by atoms with Crippen LogP contribution in [0.1, 0.15) is 6.42 Å². The molecule has 0 fully saturated rings. The maximum Gasteiger partial charge on any atom is 0.226 e. The number of hydrogen-bond acceptors (Lipinski definition) is 3. The predicted molar refractivity (Wildman–Crippen MR) is 75.1 cm³/mol. The van der Waals surface area contributed by atoms with Crippen LogP contribution < -0.4 is 14.8 Å². The number of carbonyl (C=O) groups is 1. The zero-order valence-corrected chi connectivity index (χ0v) is 11.0. The first-order valence-corrected chi connectivity index (χ1v) is 6.61. The van der Waals surface area contributed by atoms with Crippen molar-refractivity contribution in [2.45, 2.75) is 13.0 Å². The zero-order valence-electron chi connectivity index (χ0n) is 11.0. The van der Waals surface area contributed by atoms with E-state index >= 15 is 0 Å². The van der Waals surface area contributed by atoms with Gasteiger partial charge in [-0.15, -0.1) is 0 Å². The molecule has 3 rings (SSSR count). The number of anilines is 1. The molecule has 1 aromatic carbocycles. The van der Waals surface area contributed by atoms with Crippen molar-refractivity contribution in [2.75, 3.05) is 18.5 Å². The summed E-state index contributed by atoms with van der Waals surface area (Å²) in [4.78, 5) is 11.9. The molecule has 0 spiro atoms. The molecule has 0 saturated heterocycles. The van der Waals surface area contributed by atoms with Gasteiger partial charge in [-0.2, -0.15) is 0 Å². The molecule has 1 aliphatic rings. The molecule has 0 bridgehead atoms. The molecule has 5 nitrogen and oxygen atoms in total. The first-order valence-electron chi connectivity index (χ1n) is 6.61. The largest absolute Gasteiger partial charge is 0.486 e. The van der Waals surface area contributed by atoms with Crippen molar-refractivity contribution >= 4 is 11.6 Å². The lowest BCUT2D eigenvalue weighted by atomic mass is 10.2. The van der Waals surface area contributed by atoms with Gasteiger partial charge in [0.15, 0.2) is 11.5 Å². The number of benzene rings is 1. The van der Waals surface area contributed by atoms with Gasteiger partial charge in [-0.3, -0.25) is 4.79 Å². The van der Waals surface area contributed by atoms with E-state index in [0.717, 1.165) is 11.4 Å². The number of ether oxygens (including phenoxy) is 2. The number of rotatable bonds is 4. The molecule has 1 aliphatic heterocycles. The second-order valence-corrected chi connectivity index (χ2v) is 4.58. The van der Waals surface area contributed by atoms with Crippen LogP contribution >= 0.6 is 0 Å². The summed E-state index contributed by atoms with van der Waals surface area (Å²) in [6.45, 7) is 1.77. The van der Waals surface area contributed by atoms with E-state index < -0.39 is 0 Å². The Morgan fingerprint density at radius 3 is 2.70 bits per heavy atom. The van der Waals surface area contributed by atoms with Crippen LogP contribution in [-0.2, 0) is 11.3 Å². The van der Waals surface area contributed by atoms with Crippen molar-refractivity contribution in [1.29, 1.82) is 0 Å². The highest BCUT2D eigenvalue weighted by Crippen LogP contribution is 2.32. The maximum absolute atomic E-state index is 11.9. The van der Waals surface area contributed by atoms with Crippen LogP contribution in [0.25, 0.3) is 0 Å². The highest BCUT2D eigenvalue weighted by molar-refractivity contribution is 5.91. The Morgan fingerprint density at radius 1 is 1.15 bits per heavy atom. The third kappa shape index (κ3) is 2.93. The molecule has 0 aliphatic carbocycles. The Kier molecular flexibility index (Phi) is 3.58. The molecule has 0 radical (unpaired) electrons. The molecule has 1 N–H and O–H groups in total. The second kappa shape index (κ2) is 5.69. The third-order valence-electron chi connectivity index (χ3n) is 3.09. The normalized spacial score (nSPS) is 13.0. The van der Waals surface area contributed by atoms with Gasteiger partial charge in [0.05, 0.1) is 0 Å². The summed E-state index contributed by atoms with van der Waals surface area (Å²) < 4.78 is 12.9. The molecule has 0 saturated carbocycles. The first-order chi connectivity index (χ1) is 9.81. The molecule has 104 valence electrons. The summed E-state index contributed by atoms with van der Waals surface area (Å²) in [5.41, 5.74) is 0.728. The lowest BCUT2D eigenvalue weighted by Crippen LogP contribution is -2.17. The van der Waals surface area contributed by atoms with Gasteiger partial charge >= 0.3 is 0 Å². The van der Waals surface area contributed by atoms with Gasteiger partial charge in [-0.05, 0) is 24.3 Å². The Morgan fingerprint density at radius 2 is 1.90 bits per heavy atom. The molecular weight excluding hydrogens is 256 g/mol. The van der Waals surface area contributed by atoms with Gasteiger partial charge in [-0.25, -0.2) is 0 Å². The summed E-state index contributed by atoms with van der Waals surface area (Å²) in [6.07, 6.45) is 4.32. The van der Waals surface area contributed by atoms with Crippen molar-refractivity contribution in [3.8, 4) is 11.5 Å². The third-order valence-corrected chi connectivity index (χ3v) is 3.09. The quantitative estimate of drug-likeness (QED) is 0.929. The van der Waals surface area contributed by atoms with Crippen molar-refractivity contribution in [3.05, 3.63) is 42.7 Å². The maximum atomic E-state index is 11.9. The van der Waals surface area contributed by atoms with Crippen molar-refractivity contribution < 1.29 is 14.3 Å². The molecule has 20 heavy (non-hydrogen) atoms. The van der Waals surface area contributed by atoms with Gasteiger partial charge in [0.2, 0.25) is 5.91 Å². The standard InChI is InChI=1S/C15H16N2O3/c18-15(5-8-17-6-1-2-7-17)16-12-3-4-13-14(11-12)20-10-9-19-13/h1-4,6-7,11H,5,8-10H2,(H,16,18). The van der Waals surface area contributed by atoms with Crippen molar-refractivity contribution in [1.82, 2.24) is 4.57 Å². The molecular formula is C15H16N2O3. The summed E-state index contributed by atoms with van der Waals surface area (Å²) in [5, 5.41) is 2.87. The lowest BCUT2D eigenvalue weighted by Gasteiger charge is -2.19. The van der Waals surface area contributed by atoms with Crippen molar-refractivity contribution in [2.24, 2.45) is 0 Å². The van der Waals surface area contributed by atoms with E-state index in [1.54, 1.807) is 6.07 Å². The highest BCUT2D eigenvalue weighted by Gasteiger charge is 2.12. The fraction of sp³-hybridized carbons (Fsp3) is 0.267. The van der Waals surface area contributed by atoms with E-state index in [0.29, 0.717) is 31.9 Å². The van der Waals surface area contributed by atoms with Crippen LogP contribution in [0.4, 0.5) is 5.69 Å². The summed E-state index contributed by atoms with van der Waals surface area (Å²) in [5.74, 6) is 1.39. The SMILES string of the molecule is O=C(CCn1cccc1)Nc1ccc2c(c1)OCCO2. The topological polar surface area (TPSA) is 52.5 Å². The fourth-order valence-corrected chi connectivity index (χ4v) is 2.09. The average Bonchev–Trinajstić information content (AvgIpc) is 2.98. The molecule has 1 aromatic heterocycles. The monoisotopic (exact) mass is 272 g/mol. The molecule has 0 atom stereocenters. The number of amides is 1. The van der Waals surface area contributed by atoms with E-state index in [-0.39, 0.29) is 5.91 Å². The minimum atomic E-state index is -0.0182. The number of nitrogens with zero attached hydrogens (tertiary/aromatic N) is 1. The Hall–Kier alpha value is -2.43. The van der Waals surface area contributed by atoms with Gasteiger partial charge in [0.1, 0.15) is 13.2 Å². The minimum Gasteiger partial charge on any atom is -0.486 e. The number of aromatic nitrogens is 1. The Labute approximate surface area is 117 Å². The summed E-state index contributed by atoms with van der Waals surface area (Å²) >= 11 is 0.